The molecule has 0 radical (unpaired) electrons. The molecule has 5 heteroatoms. The molecule has 2 unspecified atom stereocenters. The highest BCUT2D eigenvalue weighted by atomic mass is 79.9. The van der Waals surface area contributed by atoms with Crippen LogP contribution in [0, 0.1) is 0 Å². The Hall–Kier alpha value is -0.260. The van der Waals surface area contributed by atoms with Crippen LogP contribution in [-0.4, -0.2) is 15.1 Å². The van der Waals surface area contributed by atoms with Crippen LogP contribution < -0.4 is 4.72 Å². The van der Waals surface area contributed by atoms with Gasteiger partial charge in [0.2, 0.25) is 0 Å². The second-order valence-electron chi connectivity index (χ2n) is 5.54. The molecule has 0 spiro atoms. The van der Waals surface area contributed by atoms with Crippen LogP contribution in [0.3, 0.4) is 0 Å². The zero-order valence-corrected chi connectivity index (χ0v) is 13.1. The van der Waals surface area contributed by atoms with Gasteiger partial charge in [-0.25, -0.2) is 13.3 Å². The van der Waals surface area contributed by atoms with Gasteiger partial charge in [-0.15, -0.1) is 0 Å². The van der Waals surface area contributed by atoms with Gasteiger partial charge in [0.05, 0.1) is 21.8 Å². The molecule has 0 amide bonds. The molecule has 2 rings (SSSR count). The molecule has 1 aliphatic carbocycles. The molecule has 3 atom stereocenters. The molecular weight excluding hydrogens is 317 g/mol. The second-order valence-corrected chi connectivity index (χ2v) is 8.45. The summed E-state index contributed by atoms with van der Waals surface area (Å²) in [5.41, 5.74) is 1.91. The summed E-state index contributed by atoms with van der Waals surface area (Å²) < 4.78 is 29.6. The zero-order chi connectivity index (χ0) is 13.5. The van der Waals surface area contributed by atoms with Gasteiger partial charge in [-0.3, -0.25) is 0 Å². The van der Waals surface area contributed by atoms with E-state index in [2.05, 4.69) is 20.7 Å². The first-order chi connectivity index (χ1) is 8.29. The van der Waals surface area contributed by atoms with Crippen molar-refractivity contribution in [3.63, 3.8) is 0 Å². The minimum atomic E-state index is -1.26. The molecule has 1 aromatic rings. The molecule has 0 aromatic heterocycles. The van der Waals surface area contributed by atoms with Crippen LogP contribution in [0.25, 0.3) is 0 Å². The normalized spacial score (nSPS) is 24.9. The van der Waals surface area contributed by atoms with Crippen LogP contribution in [0.4, 0.5) is 4.39 Å². The fourth-order valence-corrected chi connectivity index (χ4v) is 3.27. The Labute approximate surface area is 118 Å². The van der Waals surface area contributed by atoms with Gasteiger partial charge in [0.1, 0.15) is 6.17 Å². The fourth-order valence-electron chi connectivity index (χ4n) is 2.01. The maximum Gasteiger partial charge on any atom is 0.124 e. The van der Waals surface area contributed by atoms with E-state index in [0.717, 1.165) is 15.6 Å². The largest absolute Gasteiger partial charge is 0.245 e. The van der Waals surface area contributed by atoms with Crippen LogP contribution in [0.5, 0.6) is 0 Å². The SMILES string of the molecule is CC(C)(C)S(=O)N[C@@H]1c2ccc(Br)cc2CC1F. The van der Waals surface area contributed by atoms with Crippen molar-refractivity contribution in [2.45, 2.75) is 44.2 Å². The fraction of sp³-hybridized carbons (Fsp3) is 0.538. The maximum atomic E-state index is 14.0. The molecular formula is C13H17BrFNOS. The first-order valence-electron chi connectivity index (χ1n) is 5.89. The number of hydrogen-bond acceptors (Lipinski definition) is 1. The summed E-state index contributed by atoms with van der Waals surface area (Å²) in [6.45, 7) is 5.63. The summed E-state index contributed by atoms with van der Waals surface area (Å²) in [6, 6.07) is 5.26. The second kappa shape index (κ2) is 5.02. The van der Waals surface area contributed by atoms with Gasteiger partial charge >= 0.3 is 0 Å². The molecule has 2 nitrogen and oxygen atoms in total. The molecule has 1 aromatic carbocycles. The number of nitrogens with one attached hydrogen (secondary N) is 1. The number of fused-ring (bicyclic) bond motifs is 1. The first-order valence-corrected chi connectivity index (χ1v) is 7.84. The smallest absolute Gasteiger partial charge is 0.124 e. The van der Waals surface area contributed by atoms with Gasteiger partial charge in [-0.1, -0.05) is 22.0 Å². The lowest BCUT2D eigenvalue weighted by atomic mass is 10.1. The van der Waals surface area contributed by atoms with Gasteiger partial charge < -0.3 is 0 Å². The van der Waals surface area contributed by atoms with E-state index in [-0.39, 0.29) is 0 Å². The maximum absolute atomic E-state index is 14.0. The number of rotatable bonds is 2. The van der Waals surface area contributed by atoms with Gasteiger partial charge in [-0.2, -0.15) is 0 Å². The molecule has 0 aliphatic heterocycles. The molecule has 0 saturated carbocycles. The van der Waals surface area contributed by atoms with Gasteiger partial charge in [-0.05, 0) is 44.0 Å². The monoisotopic (exact) mass is 333 g/mol. The minimum absolute atomic E-state index is 0.383. The standard InChI is InChI=1S/C13H17BrFNOS/c1-13(2,3)18(17)16-12-10-5-4-9(14)6-8(10)7-11(12)15/h4-6,11-12,16H,7H2,1-3H3/t11?,12-,18?/m1/s1. The van der Waals surface area contributed by atoms with Crippen molar-refractivity contribution in [2.24, 2.45) is 0 Å². The number of alkyl halides is 1. The molecule has 100 valence electrons. The zero-order valence-electron chi connectivity index (χ0n) is 10.7. The van der Waals surface area contributed by atoms with E-state index < -0.39 is 27.9 Å². The third kappa shape index (κ3) is 2.83. The Balaban J connectivity index is 2.24. The van der Waals surface area contributed by atoms with Crippen LogP contribution in [-0.2, 0) is 17.4 Å². The van der Waals surface area contributed by atoms with Gasteiger partial charge in [0, 0.05) is 10.9 Å². The van der Waals surface area contributed by atoms with E-state index in [1.807, 2.05) is 39.0 Å². The third-order valence-electron chi connectivity index (χ3n) is 3.01. The summed E-state index contributed by atoms with van der Waals surface area (Å²) in [4.78, 5) is 0. The summed E-state index contributed by atoms with van der Waals surface area (Å²) in [5, 5.41) is 0. The predicted molar refractivity (Wildman–Crippen MR) is 76.5 cm³/mol. The number of halogens is 2. The molecule has 0 saturated heterocycles. The van der Waals surface area contributed by atoms with Crippen molar-refractivity contribution in [1.82, 2.24) is 4.72 Å². The number of benzene rings is 1. The average Bonchev–Trinajstić information content (AvgIpc) is 2.53. The first kappa shape index (κ1) is 14.2. The van der Waals surface area contributed by atoms with E-state index in [9.17, 15) is 8.60 Å². The molecule has 0 fully saturated rings. The van der Waals surface area contributed by atoms with Crippen LogP contribution in [0.2, 0.25) is 0 Å². The van der Waals surface area contributed by atoms with Crippen molar-refractivity contribution < 1.29 is 8.60 Å². The molecule has 1 aliphatic rings. The lowest BCUT2D eigenvalue weighted by Crippen LogP contribution is -2.37. The van der Waals surface area contributed by atoms with Crippen LogP contribution >= 0.6 is 15.9 Å². The van der Waals surface area contributed by atoms with E-state index in [0.29, 0.717) is 6.42 Å². The predicted octanol–water partition coefficient (Wildman–Crippen LogP) is 3.44. The van der Waals surface area contributed by atoms with Crippen LogP contribution in [0.15, 0.2) is 22.7 Å². The Morgan fingerprint density at radius 2 is 2.11 bits per heavy atom. The van der Waals surface area contributed by atoms with Crippen molar-refractivity contribution in [3.8, 4) is 0 Å². The van der Waals surface area contributed by atoms with Crippen molar-refractivity contribution in [1.29, 1.82) is 0 Å². The lowest BCUT2D eigenvalue weighted by Gasteiger charge is -2.23. The highest BCUT2D eigenvalue weighted by molar-refractivity contribution is 9.10. The quantitative estimate of drug-likeness (QED) is 0.882. The molecule has 1 N–H and O–H groups in total. The van der Waals surface area contributed by atoms with Gasteiger partial charge in [0.15, 0.2) is 0 Å². The van der Waals surface area contributed by atoms with E-state index in [1.54, 1.807) is 0 Å². The Bertz CT molecular complexity index is 486. The third-order valence-corrected chi connectivity index (χ3v) is 5.08. The van der Waals surface area contributed by atoms with Crippen molar-refractivity contribution in [2.75, 3.05) is 0 Å². The summed E-state index contributed by atoms with van der Waals surface area (Å²) >= 11 is 3.38. The van der Waals surface area contributed by atoms with E-state index in [1.165, 1.54) is 0 Å². The van der Waals surface area contributed by atoms with E-state index >= 15 is 0 Å². The topological polar surface area (TPSA) is 29.1 Å². The highest BCUT2D eigenvalue weighted by Crippen LogP contribution is 2.35. The summed E-state index contributed by atoms with van der Waals surface area (Å²) in [6.07, 6.45) is -0.631. The highest BCUT2D eigenvalue weighted by Gasteiger charge is 2.35. The van der Waals surface area contributed by atoms with Crippen molar-refractivity contribution >= 4 is 26.9 Å². The summed E-state index contributed by atoms with van der Waals surface area (Å²) in [5.74, 6) is 0. The average molecular weight is 334 g/mol. The van der Waals surface area contributed by atoms with Crippen LogP contribution in [0.1, 0.15) is 37.9 Å². The molecule has 0 heterocycles. The molecule has 18 heavy (non-hydrogen) atoms. The van der Waals surface area contributed by atoms with Crippen molar-refractivity contribution in [3.05, 3.63) is 33.8 Å². The Morgan fingerprint density at radius 1 is 1.44 bits per heavy atom. The van der Waals surface area contributed by atoms with Gasteiger partial charge in [0.25, 0.3) is 0 Å². The Kier molecular flexibility index (Phi) is 3.95. The lowest BCUT2D eigenvalue weighted by molar-refractivity contribution is 0.291. The Morgan fingerprint density at radius 3 is 2.72 bits per heavy atom. The van der Waals surface area contributed by atoms with E-state index in [4.69, 9.17) is 0 Å². The summed E-state index contributed by atoms with van der Waals surface area (Å²) in [7, 11) is -1.26. The minimum Gasteiger partial charge on any atom is -0.245 e. The number of hydrogen-bond donors (Lipinski definition) is 1. The molecule has 0 bridgehead atoms.